The Labute approximate surface area is 218 Å². The molecule has 2 fully saturated rings. The van der Waals surface area contributed by atoms with E-state index in [2.05, 4.69) is 15.1 Å². The molecule has 0 atom stereocenters. The van der Waals surface area contributed by atoms with Gasteiger partial charge in [-0.15, -0.1) is 0 Å². The van der Waals surface area contributed by atoms with Crippen LogP contribution in [0.2, 0.25) is 5.02 Å². The number of hydrogen-bond acceptors (Lipinski definition) is 6. The summed E-state index contributed by atoms with van der Waals surface area (Å²) in [5.74, 6) is 0.126. The van der Waals surface area contributed by atoms with Gasteiger partial charge in [0, 0.05) is 80.7 Å². The number of carbonyl (C=O) groups excluding carboxylic acids is 1. The van der Waals surface area contributed by atoms with Crippen molar-refractivity contribution in [2.24, 2.45) is 0 Å². The molecule has 0 saturated carbocycles. The maximum absolute atomic E-state index is 13.2. The normalized spacial score (nSPS) is 17.6. The smallest absolute Gasteiger partial charge is 0.382 e. The van der Waals surface area contributed by atoms with E-state index in [1.165, 1.54) is 6.07 Å². The van der Waals surface area contributed by atoms with E-state index in [4.69, 9.17) is 11.6 Å². The SMILES string of the molecule is O=C(CCN1CCC(Nc2ccc([N+](=O)[O-])c(C(F)(F)F)c2)CC1)N1CCN(c2ccc(Cl)cc2)CC1. The van der Waals surface area contributed by atoms with E-state index in [1.54, 1.807) is 0 Å². The van der Waals surface area contributed by atoms with Gasteiger partial charge >= 0.3 is 6.18 Å². The summed E-state index contributed by atoms with van der Waals surface area (Å²) >= 11 is 5.96. The van der Waals surface area contributed by atoms with Crippen LogP contribution in [0, 0.1) is 10.1 Å². The number of piperidine rings is 1. The van der Waals surface area contributed by atoms with Gasteiger partial charge in [-0.25, -0.2) is 0 Å². The summed E-state index contributed by atoms with van der Waals surface area (Å²) < 4.78 is 39.7. The zero-order valence-electron chi connectivity index (χ0n) is 20.2. The molecule has 12 heteroatoms. The van der Waals surface area contributed by atoms with Gasteiger partial charge in [-0.1, -0.05) is 11.6 Å². The highest BCUT2D eigenvalue weighted by molar-refractivity contribution is 6.30. The van der Waals surface area contributed by atoms with Crippen LogP contribution in [0.15, 0.2) is 42.5 Å². The van der Waals surface area contributed by atoms with Gasteiger partial charge in [-0.2, -0.15) is 13.2 Å². The van der Waals surface area contributed by atoms with Crippen molar-refractivity contribution in [3.63, 3.8) is 0 Å². The average Bonchev–Trinajstić information content (AvgIpc) is 2.88. The lowest BCUT2D eigenvalue weighted by Crippen LogP contribution is -2.49. The number of carbonyl (C=O) groups is 1. The number of nitro groups is 1. The molecule has 2 aromatic rings. The van der Waals surface area contributed by atoms with Crippen LogP contribution in [0.1, 0.15) is 24.8 Å². The van der Waals surface area contributed by atoms with Gasteiger partial charge in [0.2, 0.25) is 5.91 Å². The number of likely N-dealkylation sites (tertiary alicyclic amines) is 1. The van der Waals surface area contributed by atoms with Gasteiger partial charge in [0.15, 0.2) is 0 Å². The Kier molecular flexibility index (Phi) is 8.43. The lowest BCUT2D eigenvalue weighted by molar-refractivity contribution is -0.388. The van der Waals surface area contributed by atoms with E-state index in [1.807, 2.05) is 29.2 Å². The molecule has 4 rings (SSSR count). The van der Waals surface area contributed by atoms with E-state index in [0.717, 1.165) is 30.9 Å². The first kappa shape index (κ1) is 27.0. The molecule has 0 spiro atoms. The average molecular weight is 540 g/mol. The first-order valence-corrected chi connectivity index (χ1v) is 12.6. The molecule has 0 radical (unpaired) electrons. The molecule has 200 valence electrons. The van der Waals surface area contributed by atoms with Gasteiger partial charge in [-0.3, -0.25) is 14.9 Å². The van der Waals surface area contributed by atoms with Crippen molar-refractivity contribution in [2.45, 2.75) is 31.5 Å². The zero-order chi connectivity index (χ0) is 26.6. The fourth-order valence-electron chi connectivity index (χ4n) is 4.83. The molecule has 2 saturated heterocycles. The quantitative estimate of drug-likeness (QED) is 0.399. The fourth-order valence-corrected chi connectivity index (χ4v) is 4.95. The molecule has 0 aromatic heterocycles. The number of rotatable bonds is 7. The predicted octanol–water partition coefficient (Wildman–Crippen LogP) is 4.88. The first-order chi connectivity index (χ1) is 17.6. The number of nitrogens with one attached hydrogen (secondary N) is 1. The zero-order valence-corrected chi connectivity index (χ0v) is 21.0. The van der Waals surface area contributed by atoms with Gasteiger partial charge in [0.1, 0.15) is 5.56 Å². The summed E-state index contributed by atoms with van der Waals surface area (Å²) in [4.78, 5) is 29.0. The van der Waals surface area contributed by atoms with Crippen molar-refractivity contribution in [2.75, 3.05) is 56.0 Å². The highest BCUT2D eigenvalue weighted by atomic mass is 35.5. The van der Waals surface area contributed by atoms with Crippen molar-refractivity contribution in [3.05, 3.63) is 63.2 Å². The monoisotopic (exact) mass is 539 g/mol. The highest BCUT2D eigenvalue weighted by Crippen LogP contribution is 2.38. The summed E-state index contributed by atoms with van der Waals surface area (Å²) in [6.07, 6.45) is -2.98. The number of nitro benzene ring substituents is 1. The predicted molar refractivity (Wildman–Crippen MR) is 136 cm³/mol. The number of nitrogens with zero attached hydrogens (tertiary/aromatic N) is 4. The third kappa shape index (κ3) is 7.04. The molecule has 37 heavy (non-hydrogen) atoms. The van der Waals surface area contributed by atoms with Crippen LogP contribution in [0.25, 0.3) is 0 Å². The van der Waals surface area contributed by atoms with Crippen molar-refractivity contribution in [1.82, 2.24) is 9.80 Å². The van der Waals surface area contributed by atoms with Crippen LogP contribution in [0.5, 0.6) is 0 Å². The van der Waals surface area contributed by atoms with Gasteiger partial charge in [0.05, 0.1) is 4.92 Å². The number of benzene rings is 2. The highest BCUT2D eigenvalue weighted by Gasteiger charge is 2.38. The second kappa shape index (κ2) is 11.6. The second-order valence-electron chi connectivity index (χ2n) is 9.34. The number of alkyl halides is 3. The van der Waals surface area contributed by atoms with Crippen LogP contribution >= 0.6 is 11.6 Å². The van der Waals surface area contributed by atoms with Crippen LogP contribution in [-0.4, -0.2) is 72.5 Å². The Morgan fingerprint density at radius 2 is 1.68 bits per heavy atom. The Balaban J connectivity index is 1.20. The Morgan fingerprint density at radius 3 is 2.27 bits per heavy atom. The van der Waals surface area contributed by atoms with Crippen molar-refractivity contribution in [1.29, 1.82) is 0 Å². The van der Waals surface area contributed by atoms with Gasteiger partial charge in [0.25, 0.3) is 5.69 Å². The number of piperazine rings is 1. The third-order valence-corrected chi connectivity index (χ3v) is 7.18. The summed E-state index contributed by atoms with van der Waals surface area (Å²) in [5, 5.41) is 14.7. The number of amides is 1. The molecular weight excluding hydrogens is 511 g/mol. The minimum absolute atomic E-state index is 0.0459. The Hall–Kier alpha value is -3.05. The van der Waals surface area contributed by atoms with Crippen LogP contribution < -0.4 is 10.2 Å². The van der Waals surface area contributed by atoms with Crippen LogP contribution in [-0.2, 0) is 11.0 Å². The molecule has 0 aliphatic carbocycles. The standard InChI is InChI=1S/C25H29ClF3N5O3/c26-18-1-4-21(5-2-18)32-13-15-33(16-14-32)24(35)9-12-31-10-7-19(8-11-31)30-20-3-6-23(34(36)37)22(17-20)25(27,28)29/h1-6,17,19,30H,7-16H2. The molecule has 2 aromatic carbocycles. The minimum Gasteiger partial charge on any atom is -0.382 e. The number of halogens is 4. The summed E-state index contributed by atoms with van der Waals surface area (Å²) in [6.45, 7) is 4.94. The minimum atomic E-state index is -4.81. The molecule has 8 nitrogen and oxygen atoms in total. The molecule has 1 amide bonds. The Morgan fingerprint density at radius 1 is 1.03 bits per heavy atom. The largest absolute Gasteiger partial charge is 0.423 e. The first-order valence-electron chi connectivity index (χ1n) is 12.2. The topological polar surface area (TPSA) is 82.0 Å². The number of hydrogen-bond donors (Lipinski definition) is 1. The third-order valence-electron chi connectivity index (χ3n) is 6.92. The molecule has 2 heterocycles. The maximum Gasteiger partial charge on any atom is 0.423 e. The number of anilines is 2. The van der Waals surface area contributed by atoms with E-state index in [-0.39, 0.29) is 17.6 Å². The van der Waals surface area contributed by atoms with E-state index in [0.29, 0.717) is 57.0 Å². The summed E-state index contributed by atoms with van der Waals surface area (Å²) in [5.41, 5.74) is -0.906. The second-order valence-corrected chi connectivity index (χ2v) is 9.78. The van der Waals surface area contributed by atoms with Crippen molar-refractivity contribution < 1.29 is 22.9 Å². The molecule has 1 N–H and O–H groups in total. The van der Waals surface area contributed by atoms with Gasteiger partial charge < -0.3 is 20.0 Å². The van der Waals surface area contributed by atoms with Crippen molar-refractivity contribution in [3.8, 4) is 0 Å². The summed E-state index contributed by atoms with van der Waals surface area (Å²) in [7, 11) is 0. The van der Waals surface area contributed by atoms with E-state index >= 15 is 0 Å². The lowest BCUT2D eigenvalue weighted by atomic mass is 10.0. The maximum atomic E-state index is 13.2. The lowest BCUT2D eigenvalue weighted by Gasteiger charge is -2.37. The Bertz CT molecular complexity index is 1100. The molecular formula is C25H29ClF3N5O3. The molecule has 2 aliphatic heterocycles. The van der Waals surface area contributed by atoms with Crippen LogP contribution in [0.4, 0.5) is 30.2 Å². The summed E-state index contributed by atoms with van der Waals surface area (Å²) in [6, 6.07) is 10.6. The fraction of sp³-hybridized carbons (Fsp3) is 0.480. The van der Waals surface area contributed by atoms with Crippen LogP contribution in [0.3, 0.4) is 0 Å². The van der Waals surface area contributed by atoms with E-state index in [9.17, 15) is 28.1 Å². The van der Waals surface area contributed by atoms with Crippen molar-refractivity contribution >= 4 is 34.6 Å². The molecule has 0 bridgehead atoms. The molecule has 0 unspecified atom stereocenters. The van der Waals surface area contributed by atoms with E-state index < -0.39 is 22.4 Å². The molecule has 2 aliphatic rings. The van der Waals surface area contributed by atoms with Gasteiger partial charge in [-0.05, 0) is 49.2 Å².